The Bertz CT molecular complexity index is 654. The zero-order chi connectivity index (χ0) is 15.6. The van der Waals surface area contributed by atoms with Gasteiger partial charge < -0.3 is 10.5 Å². The van der Waals surface area contributed by atoms with Gasteiger partial charge in [-0.2, -0.15) is 0 Å². The van der Waals surface area contributed by atoms with Crippen molar-refractivity contribution in [3.8, 4) is 11.5 Å². The molecule has 0 aliphatic rings. The maximum Gasteiger partial charge on any atom is 0.137 e. The molecule has 0 heterocycles. The summed E-state index contributed by atoms with van der Waals surface area (Å²) in [5.74, 6) is 1.48. The van der Waals surface area contributed by atoms with Gasteiger partial charge in [0.25, 0.3) is 0 Å². The second-order valence-corrected chi connectivity index (χ2v) is 6.68. The third-order valence-electron chi connectivity index (χ3n) is 3.35. The summed E-state index contributed by atoms with van der Waals surface area (Å²) in [6, 6.07) is 14.0. The van der Waals surface area contributed by atoms with Crippen LogP contribution in [0.3, 0.4) is 0 Å². The zero-order valence-electron chi connectivity index (χ0n) is 12.9. The number of ether oxygens (including phenoxy) is 1. The number of aryl methyl sites for hydroxylation is 1. The normalized spacial score (nSPS) is 11.2. The van der Waals surface area contributed by atoms with Crippen LogP contribution < -0.4 is 10.5 Å². The summed E-state index contributed by atoms with van der Waals surface area (Å²) in [5, 5.41) is 0. The van der Waals surface area contributed by atoms with Gasteiger partial charge in [0.15, 0.2) is 0 Å². The molecule has 0 fully saturated rings. The first-order valence-corrected chi connectivity index (χ1v) is 7.37. The summed E-state index contributed by atoms with van der Waals surface area (Å²) in [6.45, 7) is 8.58. The highest BCUT2D eigenvalue weighted by Crippen LogP contribution is 2.29. The van der Waals surface area contributed by atoms with Crippen molar-refractivity contribution in [2.75, 3.05) is 0 Å². The first-order valence-electron chi connectivity index (χ1n) is 6.96. The summed E-state index contributed by atoms with van der Waals surface area (Å²) in [7, 11) is 0. The van der Waals surface area contributed by atoms with Crippen LogP contribution >= 0.6 is 12.2 Å². The SMILES string of the molecule is Cc1ccc(C(N)=S)c(Oc2ccc(C(C)(C)C)cc2)c1. The standard InChI is InChI=1S/C18H21NOS/c1-12-5-10-15(17(19)21)16(11-12)20-14-8-6-13(7-9-14)18(2,3)4/h5-11H,1-4H3,(H2,19,21). The lowest BCUT2D eigenvalue weighted by Gasteiger charge is -2.19. The van der Waals surface area contributed by atoms with Crippen molar-refractivity contribution in [2.24, 2.45) is 5.73 Å². The van der Waals surface area contributed by atoms with E-state index in [0.717, 1.165) is 16.9 Å². The number of nitrogens with two attached hydrogens (primary N) is 1. The molecule has 0 aromatic heterocycles. The fourth-order valence-electron chi connectivity index (χ4n) is 2.07. The molecule has 2 nitrogen and oxygen atoms in total. The van der Waals surface area contributed by atoms with Crippen molar-refractivity contribution >= 4 is 17.2 Å². The lowest BCUT2D eigenvalue weighted by molar-refractivity contribution is 0.480. The van der Waals surface area contributed by atoms with Crippen molar-refractivity contribution < 1.29 is 4.74 Å². The van der Waals surface area contributed by atoms with Gasteiger partial charge in [-0.3, -0.25) is 0 Å². The summed E-state index contributed by atoms with van der Waals surface area (Å²) in [5.41, 5.74) is 9.02. The molecule has 2 N–H and O–H groups in total. The van der Waals surface area contributed by atoms with Crippen molar-refractivity contribution in [3.63, 3.8) is 0 Å². The molecule has 0 saturated heterocycles. The largest absolute Gasteiger partial charge is 0.457 e. The van der Waals surface area contributed by atoms with Crippen LogP contribution in [0.5, 0.6) is 11.5 Å². The Balaban J connectivity index is 2.30. The van der Waals surface area contributed by atoms with E-state index in [1.807, 2.05) is 37.3 Å². The predicted octanol–water partition coefficient (Wildman–Crippen LogP) is 4.72. The number of benzene rings is 2. The van der Waals surface area contributed by atoms with E-state index in [4.69, 9.17) is 22.7 Å². The topological polar surface area (TPSA) is 35.2 Å². The molecule has 0 radical (unpaired) electrons. The van der Waals surface area contributed by atoms with Gasteiger partial charge in [0.05, 0.1) is 5.56 Å². The van der Waals surface area contributed by atoms with E-state index in [1.165, 1.54) is 5.56 Å². The van der Waals surface area contributed by atoms with Gasteiger partial charge in [-0.05, 0) is 47.7 Å². The highest BCUT2D eigenvalue weighted by atomic mass is 32.1. The van der Waals surface area contributed by atoms with Gasteiger partial charge in [0, 0.05) is 0 Å². The van der Waals surface area contributed by atoms with Crippen molar-refractivity contribution in [3.05, 3.63) is 59.2 Å². The van der Waals surface area contributed by atoms with Crippen LogP contribution in [0.4, 0.5) is 0 Å². The molecule has 0 saturated carbocycles. The van der Waals surface area contributed by atoms with E-state index in [0.29, 0.717) is 10.7 Å². The monoisotopic (exact) mass is 299 g/mol. The molecule has 2 rings (SSSR count). The molecule has 110 valence electrons. The van der Waals surface area contributed by atoms with E-state index < -0.39 is 0 Å². The molecule has 2 aromatic rings. The van der Waals surface area contributed by atoms with Gasteiger partial charge in [0.1, 0.15) is 16.5 Å². The number of hydrogen-bond donors (Lipinski definition) is 1. The summed E-state index contributed by atoms with van der Waals surface area (Å²) in [4.78, 5) is 0.344. The lowest BCUT2D eigenvalue weighted by Crippen LogP contribution is -2.11. The third kappa shape index (κ3) is 3.82. The molecular weight excluding hydrogens is 278 g/mol. The van der Waals surface area contributed by atoms with Gasteiger partial charge in [-0.1, -0.05) is 51.2 Å². The molecule has 0 unspecified atom stereocenters. The summed E-state index contributed by atoms with van der Waals surface area (Å²) < 4.78 is 5.95. The fourth-order valence-corrected chi connectivity index (χ4v) is 2.24. The molecule has 0 spiro atoms. The Morgan fingerprint density at radius 2 is 1.67 bits per heavy atom. The van der Waals surface area contributed by atoms with Gasteiger partial charge in [-0.15, -0.1) is 0 Å². The van der Waals surface area contributed by atoms with Gasteiger partial charge in [0.2, 0.25) is 0 Å². The second-order valence-electron chi connectivity index (χ2n) is 6.24. The minimum Gasteiger partial charge on any atom is -0.457 e. The first kappa shape index (κ1) is 15.5. The van der Waals surface area contributed by atoms with E-state index in [2.05, 4.69) is 32.9 Å². The molecule has 3 heteroatoms. The van der Waals surface area contributed by atoms with Crippen LogP contribution in [0.2, 0.25) is 0 Å². The lowest BCUT2D eigenvalue weighted by atomic mass is 9.87. The average molecular weight is 299 g/mol. The van der Waals surface area contributed by atoms with Crippen LogP contribution in [-0.4, -0.2) is 4.99 Å². The molecule has 0 amide bonds. The fraction of sp³-hybridized carbons (Fsp3) is 0.278. The third-order valence-corrected chi connectivity index (χ3v) is 3.57. The maximum absolute atomic E-state index is 5.95. The van der Waals surface area contributed by atoms with E-state index in [-0.39, 0.29) is 5.41 Å². The maximum atomic E-state index is 5.95. The Labute approximate surface area is 131 Å². The molecular formula is C18H21NOS. The highest BCUT2D eigenvalue weighted by Gasteiger charge is 2.13. The molecule has 0 atom stereocenters. The van der Waals surface area contributed by atoms with Crippen LogP contribution in [-0.2, 0) is 5.41 Å². The first-order chi connectivity index (χ1) is 9.77. The highest BCUT2D eigenvalue weighted by molar-refractivity contribution is 7.80. The second kappa shape index (κ2) is 5.86. The average Bonchev–Trinajstić information content (AvgIpc) is 2.38. The Hall–Kier alpha value is -1.87. The van der Waals surface area contributed by atoms with Crippen LogP contribution in [0.25, 0.3) is 0 Å². The summed E-state index contributed by atoms with van der Waals surface area (Å²) in [6.07, 6.45) is 0. The van der Waals surface area contributed by atoms with Gasteiger partial charge in [-0.25, -0.2) is 0 Å². The molecule has 0 aliphatic carbocycles. The quantitative estimate of drug-likeness (QED) is 0.833. The van der Waals surface area contributed by atoms with Crippen molar-refractivity contribution in [2.45, 2.75) is 33.1 Å². The van der Waals surface area contributed by atoms with Crippen molar-refractivity contribution in [1.29, 1.82) is 0 Å². The van der Waals surface area contributed by atoms with Crippen LogP contribution in [0.15, 0.2) is 42.5 Å². The molecule has 0 aliphatic heterocycles. The number of rotatable bonds is 3. The van der Waals surface area contributed by atoms with E-state index in [1.54, 1.807) is 0 Å². The van der Waals surface area contributed by atoms with Crippen LogP contribution in [0.1, 0.15) is 37.5 Å². The van der Waals surface area contributed by atoms with Gasteiger partial charge >= 0.3 is 0 Å². The molecule has 21 heavy (non-hydrogen) atoms. The zero-order valence-corrected chi connectivity index (χ0v) is 13.8. The minimum atomic E-state index is 0.131. The molecule has 0 bridgehead atoms. The molecule has 2 aromatic carbocycles. The number of hydrogen-bond acceptors (Lipinski definition) is 2. The number of thiocarbonyl (C=S) groups is 1. The van der Waals surface area contributed by atoms with E-state index >= 15 is 0 Å². The van der Waals surface area contributed by atoms with Crippen LogP contribution in [0, 0.1) is 6.92 Å². The summed E-state index contributed by atoms with van der Waals surface area (Å²) >= 11 is 5.08. The Kier molecular flexibility index (Phi) is 4.33. The Morgan fingerprint density at radius 1 is 1.05 bits per heavy atom. The van der Waals surface area contributed by atoms with E-state index in [9.17, 15) is 0 Å². The predicted molar refractivity (Wildman–Crippen MR) is 92.3 cm³/mol. The minimum absolute atomic E-state index is 0.131. The van der Waals surface area contributed by atoms with Crippen molar-refractivity contribution in [1.82, 2.24) is 0 Å². The Morgan fingerprint density at radius 3 is 2.19 bits per heavy atom. The smallest absolute Gasteiger partial charge is 0.137 e.